The van der Waals surface area contributed by atoms with Gasteiger partial charge in [-0.25, -0.2) is 4.98 Å². The zero-order chi connectivity index (χ0) is 21.8. The van der Waals surface area contributed by atoms with E-state index in [4.69, 9.17) is 5.73 Å². The van der Waals surface area contributed by atoms with Gasteiger partial charge in [-0.05, 0) is 40.7 Å². The molecular weight excluding hydrogens is 378 g/mol. The van der Waals surface area contributed by atoms with E-state index in [2.05, 4.69) is 73.4 Å². The Morgan fingerprint density at radius 2 is 1.39 bits per heavy atom. The Bertz CT molecular complexity index is 1220. The number of hydrogen-bond donors (Lipinski definition) is 1. The van der Waals surface area contributed by atoms with Gasteiger partial charge in [0.15, 0.2) is 0 Å². The third-order valence-electron chi connectivity index (χ3n) is 5.36. The van der Waals surface area contributed by atoms with Crippen LogP contribution in [0.25, 0.3) is 33.5 Å². The molecule has 3 nitrogen and oxygen atoms in total. The summed E-state index contributed by atoms with van der Waals surface area (Å²) in [6.45, 7) is 4.43. The van der Waals surface area contributed by atoms with Crippen LogP contribution in [0, 0.1) is 17.2 Å². The summed E-state index contributed by atoms with van der Waals surface area (Å²) in [5.74, 6) is 0.869. The maximum atomic E-state index is 9.70. The molecule has 0 saturated carbocycles. The Morgan fingerprint density at radius 1 is 0.806 bits per heavy atom. The molecule has 0 unspecified atom stereocenters. The fourth-order valence-electron chi connectivity index (χ4n) is 3.81. The topological polar surface area (TPSA) is 62.7 Å². The highest BCUT2D eigenvalue weighted by Crippen LogP contribution is 2.32. The van der Waals surface area contributed by atoms with E-state index >= 15 is 0 Å². The minimum Gasteiger partial charge on any atom is -0.383 e. The zero-order valence-corrected chi connectivity index (χ0v) is 17.8. The van der Waals surface area contributed by atoms with Crippen LogP contribution in [0.15, 0.2) is 84.9 Å². The van der Waals surface area contributed by atoms with E-state index in [0.29, 0.717) is 11.5 Å². The third kappa shape index (κ3) is 4.49. The van der Waals surface area contributed by atoms with Gasteiger partial charge in [0.1, 0.15) is 17.5 Å². The fraction of sp³-hybridized carbons (Fsp3) is 0.143. The van der Waals surface area contributed by atoms with Crippen molar-refractivity contribution in [2.45, 2.75) is 20.3 Å². The molecule has 3 aromatic carbocycles. The summed E-state index contributed by atoms with van der Waals surface area (Å²) in [6.07, 6.45) is 1.04. The molecule has 1 aromatic heterocycles. The predicted octanol–water partition coefficient (Wildman–Crippen LogP) is 6.73. The minimum absolute atomic E-state index is 0.258. The molecule has 1 heterocycles. The number of rotatable bonds is 5. The maximum absolute atomic E-state index is 9.70. The van der Waals surface area contributed by atoms with E-state index in [1.54, 1.807) is 0 Å². The largest absolute Gasteiger partial charge is 0.383 e. The van der Waals surface area contributed by atoms with Crippen molar-refractivity contribution in [2.24, 2.45) is 5.92 Å². The van der Waals surface area contributed by atoms with Crippen molar-refractivity contribution in [2.75, 3.05) is 5.73 Å². The molecule has 3 heteroatoms. The number of aromatic nitrogens is 1. The van der Waals surface area contributed by atoms with Crippen molar-refractivity contribution in [1.29, 1.82) is 5.26 Å². The number of benzene rings is 3. The summed E-state index contributed by atoms with van der Waals surface area (Å²) < 4.78 is 0. The van der Waals surface area contributed by atoms with Crippen LogP contribution < -0.4 is 5.73 Å². The monoisotopic (exact) mass is 403 g/mol. The van der Waals surface area contributed by atoms with Crippen molar-refractivity contribution in [3.8, 4) is 39.6 Å². The molecule has 0 bridgehead atoms. The van der Waals surface area contributed by atoms with Crippen LogP contribution >= 0.6 is 0 Å². The van der Waals surface area contributed by atoms with E-state index in [9.17, 15) is 5.26 Å². The summed E-state index contributed by atoms with van der Waals surface area (Å²) in [4.78, 5) is 4.51. The van der Waals surface area contributed by atoms with E-state index in [-0.39, 0.29) is 5.82 Å². The van der Waals surface area contributed by atoms with Gasteiger partial charge in [0.25, 0.3) is 0 Å². The third-order valence-corrected chi connectivity index (χ3v) is 5.36. The van der Waals surface area contributed by atoms with Crippen LogP contribution in [0.5, 0.6) is 0 Å². The normalized spacial score (nSPS) is 10.8. The molecule has 0 aliphatic heterocycles. The minimum atomic E-state index is 0.258. The summed E-state index contributed by atoms with van der Waals surface area (Å²) in [5, 5.41) is 9.70. The summed E-state index contributed by atoms with van der Waals surface area (Å²) >= 11 is 0. The van der Waals surface area contributed by atoms with Crippen molar-refractivity contribution in [1.82, 2.24) is 4.98 Å². The molecule has 31 heavy (non-hydrogen) atoms. The van der Waals surface area contributed by atoms with Crippen molar-refractivity contribution in [3.63, 3.8) is 0 Å². The molecule has 0 aliphatic rings. The van der Waals surface area contributed by atoms with Gasteiger partial charge in [-0.15, -0.1) is 0 Å². The highest BCUT2D eigenvalue weighted by molar-refractivity contribution is 5.81. The number of nitriles is 1. The lowest BCUT2D eigenvalue weighted by molar-refractivity contribution is 0.647. The molecule has 0 amide bonds. The lowest BCUT2D eigenvalue weighted by Gasteiger charge is -2.12. The molecule has 4 aromatic rings. The molecule has 0 spiro atoms. The van der Waals surface area contributed by atoms with E-state index < -0.39 is 0 Å². The van der Waals surface area contributed by atoms with Gasteiger partial charge in [0.2, 0.25) is 0 Å². The van der Waals surface area contributed by atoms with Gasteiger partial charge in [-0.1, -0.05) is 92.7 Å². The summed E-state index contributed by atoms with van der Waals surface area (Å²) in [6, 6.07) is 31.1. The second-order valence-electron chi connectivity index (χ2n) is 8.17. The number of anilines is 1. The van der Waals surface area contributed by atoms with Crippen LogP contribution in [0.3, 0.4) is 0 Å². The number of nitrogens with zero attached hydrogens (tertiary/aromatic N) is 2. The Morgan fingerprint density at radius 3 is 2.00 bits per heavy atom. The van der Waals surface area contributed by atoms with Gasteiger partial charge in [0, 0.05) is 11.1 Å². The quantitative estimate of drug-likeness (QED) is 0.401. The smallest absolute Gasteiger partial charge is 0.142 e. The average molecular weight is 404 g/mol. The molecule has 0 saturated heterocycles. The van der Waals surface area contributed by atoms with Crippen LogP contribution in [-0.2, 0) is 6.42 Å². The zero-order valence-electron chi connectivity index (χ0n) is 17.8. The maximum Gasteiger partial charge on any atom is 0.142 e. The van der Waals surface area contributed by atoms with Crippen molar-refractivity contribution < 1.29 is 0 Å². The molecule has 4 rings (SSSR count). The Kier molecular flexibility index (Phi) is 5.82. The van der Waals surface area contributed by atoms with Crippen LogP contribution in [0.4, 0.5) is 5.82 Å². The first-order valence-electron chi connectivity index (χ1n) is 10.5. The van der Waals surface area contributed by atoms with Gasteiger partial charge in [-0.2, -0.15) is 5.26 Å². The van der Waals surface area contributed by atoms with Crippen molar-refractivity contribution in [3.05, 3.63) is 96.1 Å². The predicted molar refractivity (Wildman–Crippen MR) is 128 cm³/mol. The first-order valence-corrected chi connectivity index (χ1v) is 10.5. The fourth-order valence-corrected chi connectivity index (χ4v) is 3.81. The number of hydrogen-bond acceptors (Lipinski definition) is 3. The molecular formula is C28H25N3. The summed E-state index contributed by atoms with van der Waals surface area (Å²) in [5.41, 5.74) is 13.7. The summed E-state index contributed by atoms with van der Waals surface area (Å²) in [7, 11) is 0. The van der Waals surface area contributed by atoms with Crippen LogP contribution in [0.1, 0.15) is 25.0 Å². The number of nitrogen functional groups attached to an aromatic ring is 1. The standard InChI is InChI=1S/C28H25N3/c1-19(2)16-20-8-10-24(11-9-20)27-17-25(26(18-29)28(30)31-27)23-14-12-22(13-15-23)21-6-4-3-5-7-21/h3-15,17,19H,16H2,1-2H3,(H2,30,31). The number of pyridine rings is 1. The van der Waals surface area contributed by atoms with Crippen LogP contribution in [-0.4, -0.2) is 4.98 Å². The highest BCUT2D eigenvalue weighted by Gasteiger charge is 2.14. The van der Waals surface area contributed by atoms with Gasteiger partial charge in [0.05, 0.1) is 5.69 Å². The van der Waals surface area contributed by atoms with Gasteiger partial charge < -0.3 is 5.73 Å². The molecule has 2 N–H and O–H groups in total. The molecule has 0 aliphatic carbocycles. The molecule has 0 fully saturated rings. The van der Waals surface area contributed by atoms with Gasteiger partial charge >= 0.3 is 0 Å². The van der Waals surface area contributed by atoms with E-state index in [1.807, 2.05) is 36.4 Å². The number of nitrogens with two attached hydrogens (primary N) is 1. The van der Waals surface area contributed by atoms with Crippen LogP contribution in [0.2, 0.25) is 0 Å². The first kappa shape index (κ1) is 20.4. The molecule has 152 valence electrons. The lowest BCUT2D eigenvalue weighted by atomic mass is 9.95. The second kappa shape index (κ2) is 8.85. The van der Waals surface area contributed by atoms with Gasteiger partial charge in [-0.3, -0.25) is 0 Å². The lowest BCUT2D eigenvalue weighted by Crippen LogP contribution is -2.00. The van der Waals surface area contributed by atoms with E-state index in [1.165, 1.54) is 5.56 Å². The Hall–Kier alpha value is -3.90. The second-order valence-corrected chi connectivity index (χ2v) is 8.17. The van der Waals surface area contributed by atoms with E-state index in [0.717, 1.165) is 39.9 Å². The first-order chi connectivity index (χ1) is 15.0. The Labute approximate surface area is 183 Å². The molecule has 0 radical (unpaired) electrons. The highest BCUT2D eigenvalue weighted by atomic mass is 14.8. The average Bonchev–Trinajstić information content (AvgIpc) is 2.79. The molecule has 0 atom stereocenters. The van der Waals surface area contributed by atoms with Crippen molar-refractivity contribution >= 4 is 5.82 Å². The SMILES string of the molecule is CC(C)Cc1ccc(-c2cc(-c3ccc(-c4ccccc4)cc3)c(C#N)c(N)n2)cc1. The Balaban J connectivity index is 1.72.